The zero-order valence-corrected chi connectivity index (χ0v) is 13.4. The summed E-state index contributed by atoms with van der Waals surface area (Å²) in [5, 5.41) is 7.45. The average molecular weight is 343 g/mol. The number of carbonyl (C=O) groups excluding carboxylic acids is 2. The van der Waals surface area contributed by atoms with Crippen molar-refractivity contribution >= 4 is 23.3 Å². The monoisotopic (exact) mass is 343 g/mol. The van der Waals surface area contributed by atoms with Crippen LogP contribution in [0, 0.1) is 5.82 Å². The molecule has 2 N–H and O–H groups in total. The van der Waals surface area contributed by atoms with Gasteiger partial charge in [0, 0.05) is 4.88 Å². The molecule has 7 heteroatoms. The van der Waals surface area contributed by atoms with Crippen molar-refractivity contribution in [3.8, 4) is 0 Å². The van der Waals surface area contributed by atoms with Crippen molar-refractivity contribution in [1.82, 2.24) is 15.5 Å². The van der Waals surface area contributed by atoms with Crippen LogP contribution < -0.4 is 10.6 Å². The van der Waals surface area contributed by atoms with Gasteiger partial charge in [-0.2, -0.15) is 0 Å². The van der Waals surface area contributed by atoms with Gasteiger partial charge in [-0.25, -0.2) is 9.18 Å². The molecule has 0 saturated heterocycles. The number of halogens is 1. The lowest BCUT2D eigenvalue weighted by molar-refractivity contribution is -0.126. The predicted octanol–water partition coefficient (Wildman–Crippen LogP) is 2.54. The SMILES string of the molecule is O=C1NC2=C(C(=O)N(Cc3cccs3)C2)[C@@H](c2ccc(F)cc2)N1. The molecule has 0 radical (unpaired) electrons. The molecule has 0 bridgehead atoms. The number of amides is 3. The van der Waals surface area contributed by atoms with Crippen LogP contribution in [0.3, 0.4) is 0 Å². The number of rotatable bonds is 3. The van der Waals surface area contributed by atoms with Crippen molar-refractivity contribution in [3.63, 3.8) is 0 Å². The lowest BCUT2D eigenvalue weighted by atomic mass is 9.96. The van der Waals surface area contributed by atoms with Gasteiger partial charge < -0.3 is 15.5 Å². The van der Waals surface area contributed by atoms with Gasteiger partial charge in [-0.3, -0.25) is 4.79 Å². The molecule has 3 amide bonds. The molecular weight excluding hydrogens is 329 g/mol. The maximum atomic E-state index is 13.2. The Bertz CT molecular complexity index is 830. The third-order valence-corrected chi connectivity index (χ3v) is 5.01. The van der Waals surface area contributed by atoms with E-state index in [2.05, 4.69) is 10.6 Å². The number of urea groups is 1. The fraction of sp³-hybridized carbons (Fsp3) is 0.176. The van der Waals surface area contributed by atoms with Crippen LogP contribution in [-0.2, 0) is 11.3 Å². The highest BCUT2D eigenvalue weighted by Crippen LogP contribution is 2.33. The summed E-state index contributed by atoms with van der Waals surface area (Å²) in [4.78, 5) is 27.6. The summed E-state index contributed by atoms with van der Waals surface area (Å²) in [7, 11) is 0. The lowest BCUT2D eigenvalue weighted by Crippen LogP contribution is -2.44. The molecule has 0 fully saturated rings. The van der Waals surface area contributed by atoms with E-state index in [1.165, 1.54) is 12.1 Å². The van der Waals surface area contributed by atoms with E-state index in [0.29, 0.717) is 29.9 Å². The van der Waals surface area contributed by atoms with Crippen molar-refractivity contribution < 1.29 is 14.0 Å². The first kappa shape index (κ1) is 14.9. The fourth-order valence-electron chi connectivity index (χ4n) is 3.05. The van der Waals surface area contributed by atoms with E-state index in [1.807, 2.05) is 17.5 Å². The van der Waals surface area contributed by atoms with Gasteiger partial charge in [0.25, 0.3) is 5.91 Å². The van der Waals surface area contributed by atoms with Gasteiger partial charge in [-0.15, -0.1) is 11.3 Å². The number of nitrogens with one attached hydrogen (secondary N) is 2. The molecule has 2 aliphatic heterocycles. The van der Waals surface area contributed by atoms with Crippen LogP contribution in [0.2, 0.25) is 0 Å². The minimum atomic E-state index is -0.560. The second-order valence-corrected chi connectivity index (χ2v) is 6.75. The van der Waals surface area contributed by atoms with Gasteiger partial charge in [-0.05, 0) is 29.1 Å². The van der Waals surface area contributed by atoms with Crippen molar-refractivity contribution in [2.75, 3.05) is 6.54 Å². The summed E-state index contributed by atoms with van der Waals surface area (Å²) in [6, 6.07) is 8.84. The highest BCUT2D eigenvalue weighted by Gasteiger charge is 2.40. The van der Waals surface area contributed by atoms with E-state index < -0.39 is 6.04 Å². The molecule has 3 heterocycles. The number of hydrogen-bond acceptors (Lipinski definition) is 3. The molecular formula is C17H14FN3O2S. The van der Waals surface area contributed by atoms with Crippen LogP contribution in [0.5, 0.6) is 0 Å². The van der Waals surface area contributed by atoms with Crippen LogP contribution >= 0.6 is 11.3 Å². The van der Waals surface area contributed by atoms with Gasteiger partial charge in [0.05, 0.1) is 30.4 Å². The first-order valence-electron chi connectivity index (χ1n) is 7.49. The van der Waals surface area contributed by atoms with Gasteiger partial charge in [0.15, 0.2) is 0 Å². The highest BCUT2D eigenvalue weighted by molar-refractivity contribution is 7.09. The van der Waals surface area contributed by atoms with Crippen LogP contribution in [0.25, 0.3) is 0 Å². The molecule has 2 aliphatic rings. The summed E-state index contributed by atoms with van der Waals surface area (Å²) >= 11 is 1.59. The Hall–Kier alpha value is -2.67. The zero-order valence-electron chi connectivity index (χ0n) is 12.6. The maximum absolute atomic E-state index is 13.2. The Kier molecular flexibility index (Phi) is 3.57. The summed E-state index contributed by atoms with van der Waals surface area (Å²) in [5.41, 5.74) is 1.83. The van der Waals surface area contributed by atoms with Crippen molar-refractivity contribution in [2.24, 2.45) is 0 Å². The first-order chi connectivity index (χ1) is 11.6. The Balaban J connectivity index is 1.64. The largest absolute Gasteiger partial charge is 0.328 e. The maximum Gasteiger partial charge on any atom is 0.319 e. The molecule has 1 aromatic heterocycles. The van der Waals surface area contributed by atoms with E-state index in [1.54, 1.807) is 28.4 Å². The van der Waals surface area contributed by atoms with E-state index in [0.717, 1.165) is 4.88 Å². The molecule has 0 aliphatic carbocycles. The molecule has 0 saturated carbocycles. The van der Waals surface area contributed by atoms with Crippen molar-refractivity contribution in [2.45, 2.75) is 12.6 Å². The highest BCUT2D eigenvalue weighted by atomic mass is 32.1. The Labute approximate surface area is 141 Å². The first-order valence-corrected chi connectivity index (χ1v) is 8.37. The number of nitrogens with zero attached hydrogens (tertiary/aromatic N) is 1. The average Bonchev–Trinajstić information content (AvgIpc) is 3.17. The van der Waals surface area contributed by atoms with E-state index in [4.69, 9.17) is 0 Å². The molecule has 24 heavy (non-hydrogen) atoms. The van der Waals surface area contributed by atoms with Gasteiger partial charge in [-0.1, -0.05) is 18.2 Å². The number of carbonyl (C=O) groups is 2. The summed E-state index contributed by atoms with van der Waals surface area (Å²) in [6.07, 6.45) is 0. The normalized spacial score (nSPS) is 20.0. The van der Waals surface area contributed by atoms with Crippen LogP contribution in [0.1, 0.15) is 16.5 Å². The Morgan fingerprint density at radius 3 is 2.71 bits per heavy atom. The summed E-state index contributed by atoms with van der Waals surface area (Å²) in [6.45, 7) is 0.882. The standard InChI is InChI=1S/C17H14FN3O2S/c18-11-5-3-10(4-6-11)15-14-13(19-17(23)20-15)9-21(16(14)22)8-12-2-1-7-24-12/h1-7,15H,8-9H2,(H2,19,20,23)/t15-/m1/s1. The minimum absolute atomic E-state index is 0.111. The fourth-order valence-corrected chi connectivity index (χ4v) is 3.77. The molecule has 4 rings (SSSR count). The number of hydrogen-bond donors (Lipinski definition) is 2. The topological polar surface area (TPSA) is 61.4 Å². The van der Waals surface area contributed by atoms with Gasteiger partial charge in [0.1, 0.15) is 5.82 Å². The number of thiophene rings is 1. The molecule has 122 valence electrons. The molecule has 0 spiro atoms. The zero-order chi connectivity index (χ0) is 16.7. The van der Waals surface area contributed by atoms with Crippen molar-refractivity contribution in [1.29, 1.82) is 0 Å². The molecule has 2 aromatic rings. The summed E-state index contributed by atoms with van der Waals surface area (Å²) in [5.74, 6) is -0.467. The smallest absolute Gasteiger partial charge is 0.319 e. The second kappa shape index (κ2) is 5.76. The predicted molar refractivity (Wildman–Crippen MR) is 87.6 cm³/mol. The molecule has 5 nitrogen and oxygen atoms in total. The van der Waals surface area contributed by atoms with E-state index in [9.17, 15) is 14.0 Å². The number of benzene rings is 1. The Morgan fingerprint density at radius 1 is 1.21 bits per heavy atom. The van der Waals surface area contributed by atoms with Crippen LogP contribution in [0.4, 0.5) is 9.18 Å². The van der Waals surface area contributed by atoms with E-state index in [-0.39, 0.29) is 17.8 Å². The van der Waals surface area contributed by atoms with Crippen LogP contribution in [-0.4, -0.2) is 23.4 Å². The van der Waals surface area contributed by atoms with Gasteiger partial charge >= 0.3 is 6.03 Å². The molecule has 1 aromatic carbocycles. The Morgan fingerprint density at radius 2 is 2.00 bits per heavy atom. The van der Waals surface area contributed by atoms with Gasteiger partial charge in [0.2, 0.25) is 0 Å². The molecule has 0 unspecified atom stereocenters. The van der Waals surface area contributed by atoms with Crippen LogP contribution in [0.15, 0.2) is 53.0 Å². The minimum Gasteiger partial charge on any atom is -0.328 e. The third-order valence-electron chi connectivity index (χ3n) is 4.15. The molecule has 1 atom stereocenters. The van der Waals surface area contributed by atoms with Crippen molar-refractivity contribution in [3.05, 3.63) is 69.3 Å². The van der Waals surface area contributed by atoms with E-state index >= 15 is 0 Å². The summed E-state index contributed by atoms with van der Waals surface area (Å²) < 4.78 is 13.2. The lowest BCUT2D eigenvalue weighted by Gasteiger charge is -2.25. The second-order valence-electron chi connectivity index (χ2n) is 5.72. The third kappa shape index (κ3) is 2.56. The quantitative estimate of drug-likeness (QED) is 0.900.